The van der Waals surface area contributed by atoms with Gasteiger partial charge in [-0.15, -0.1) is 0 Å². The van der Waals surface area contributed by atoms with E-state index in [4.69, 9.17) is 11.1 Å². The summed E-state index contributed by atoms with van der Waals surface area (Å²) in [5.74, 6) is -1.44. The lowest BCUT2D eigenvalue weighted by molar-refractivity contribution is -0.115. The first kappa shape index (κ1) is 21.6. The fourth-order valence-electron chi connectivity index (χ4n) is 2.70. The molecule has 2 rings (SSSR count). The van der Waals surface area contributed by atoms with E-state index in [1.54, 1.807) is 26.2 Å². The Kier molecular flexibility index (Phi) is 7.05. The Morgan fingerprint density at radius 2 is 1.86 bits per heavy atom. The second-order valence-electron chi connectivity index (χ2n) is 6.05. The molecule has 2 aromatic rings. The van der Waals surface area contributed by atoms with Gasteiger partial charge in [0.05, 0.1) is 16.9 Å². The maximum Gasteiger partial charge on any atom is 0.258 e. The van der Waals surface area contributed by atoms with Crippen LogP contribution in [0, 0.1) is 11.2 Å². The molecule has 152 valence electrons. The third kappa shape index (κ3) is 5.17. The van der Waals surface area contributed by atoms with E-state index < -0.39 is 17.8 Å². The number of anilines is 3. The first-order valence-electron chi connectivity index (χ1n) is 8.60. The molecule has 1 unspecified atom stereocenters. The molecule has 0 aliphatic carbocycles. The molecule has 0 aliphatic rings. The lowest BCUT2D eigenvalue weighted by atomic mass is 10.0. The SMILES string of the molecule is CNc1cc(F)cc(C(O)/C=C(\C=O)C(=O)Nc2ccc(C(=N)N)cc2)c1NC. The normalized spacial score (nSPS) is 12.1. The van der Waals surface area contributed by atoms with Crippen LogP contribution in [-0.4, -0.2) is 37.2 Å². The Labute approximate surface area is 167 Å². The molecule has 0 heterocycles. The number of nitrogen functional groups attached to an aromatic ring is 1. The van der Waals surface area contributed by atoms with Crippen LogP contribution in [0.2, 0.25) is 0 Å². The van der Waals surface area contributed by atoms with Gasteiger partial charge in [-0.1, -0.05) is 0 Å². The molecule has 1 amide bonds. The number of aliphatic hydroxyl groups excluding tert-OH is 1. The van der Waals surface area contributed by atoms with E-state index >= 15 is 0 Å². The van der Waals surface area contributed by atoms with Crippen molar-refractivity contribution in [2.45, 2.75) is 6.10 Å². The van der Waals surface area contributed by atoms with Crippen molar-refractivity contribution in [2.75, 3.05) is 30.0 Å². The average molecular weight is 399 g/mol. The number of nitrogens with one attached hydrogen (secondary N) is 4. The van der Waals surface area contributed by atoms with E-state index in [9.17, 15) is 19.1 Å². The minimum Gasteiger partial charge on any atom is -0.386 e. The second-order valence-corrected chi connectivity index (χ2v) is 6.05. The number of hydrogen-bond donors (Lipinski definition) is 6. The number of benzene rings is 2. The Morgan fingerprint density at radius 1 is 1.21 bits per heavy atom. The van der Waals surface area contributed by atoms with Crippen LogP contribution < -0.4 is 21.7 Å². The van der Waals surface area contributed by atoms with E-state index in [1.807, 2.05) is 0 Å². The van der Waals surface area contributed by atoms with E-state index in [1.165, 1.54) is 18.2 Å². The summed E-state index contributed by atoms with van der Waals surface area (Å²) >= 11 is 0. The molecule has 0 radical (unpaired) electrons. The Balaban J connectivity index is 2.28. The molecule has 0 aliphatic heterocycles. The lowest BCUT2D eigenvalue weighted by Crippen LogP contribution is -2.17. The fraction of sp³-hybridized carbons (Fsp3) is 0.150. The van der Waals surface area contributed by atoms with Gasteiger partial charge >= 0.3 is 0 Å². The Bertz CT molecular complexity index is 957. The van der Waals surface area contributed by atoms with Crippen LogP contribution in [0.5, 0.6) is 0 Å². The molecule has 0 aromatic heterocycles. The number of aldehydes is 1. The highest BCUT2D eigenvalue weighted by Gasteiger charge is 2.18. The summed E-state index contributed by atoms with van der Waals surface area (Å²) in [7, 11) is 3.20. The van der Waals surface area contributed by atoms with Crippen LogP contribution in [-0.2, 0) is 9.59 Å². The second kappa shape index (κ2) is 9.47. The van der Waals surface area contributed by atoms with Crippen molar-refractivity contribution in [3.8, 4) is 0 Å². The van der Waals surface area contributed by atoms with Crippen molar-refractivity contribution in [1.29, 1.82) is 5.41 Å². The van der Waals surface area contributed by atoms with Gasteiger partial charge in [-0.3, -0.25) is 15.0 Å². The third-order valence-corrected chi connectivity index (χ3v) is 4.15. The van der Waals surface area contributed by atoms with Gasteiger partial charge < -0.3 is 26.8 Å². The molecule has 2 aromatic carbocycles. The summed E-state index contributed by atoms with van der Waals surface area (Å²) in [5, 5.41) is 26.0. The molecule has 29 heavy (non-hydrogen) atoms. The zero-order valence-corrected chi connectivity index (χ0v) is 15.9. The smallest absolute Gasteiger partial charge is 0.258 e. The summed E-state index contributed by atoms with van der Waals surface area (Å²) in [6.45, 7) is 0. The maximum atomic E-state index is 13.9. The van der Waals surface area contributed by atoms with Crippen LogP contribution in [0.1, 0.15) is 17.2 Å². The molecule has 0 fully saturated rings. The number of nitrogens with two attached hydrogens (primary N) is 1. The molecule has 0 spiro atoms. The number of amides is 1. The Morgan fingerprint density at radius 3 is 2.38 bits per heavy atom. The summed E-state index contributed by atoms with van der Waals surface area (Å²) in [6, 6.07) is 8.51. The van der Waals surface area contributed by atoms with Gasteiger partial charge in [-0.25, -0.2) is 4.39 Å². The maximum absolute atomic E-state index is 13.9. The van der Waals surface area contributed by atoms with Crippen molar-refractivity contribution in [2.24, 2.45) is 5.73 Å². The van der Waals surface area contributed by atoms with E-state index in [2.05, 4.69) is 16.0 Å². The molecule has 8 nitrogen and oxygen atoms in total. The van der Waals surface area contributed by atoms with Crippen molar-refractivity contribution in [3.05, 3.63) is 65.0 Å². The predicted molar refractivity (Wildman–Crippen MR) is 111 cm³/mol. The zero-order valence-electron chi connectivity index (χ0n) is 15.9. The highest BCUT2D eigenvalue weighted by atomic mass is 19.1. The molecule has 1 atom stereocenters. The highest BCUT2D eigenvalue weighted by molar-refractivity contribution is 6.16. The van der Waals surface area contributed by atoms with Gasteiger partial charge in [0, 0.05) is 30.9 Å². The summed E-state index contributed by atoms with van der Waals surface area (Å²) in [4.78, 5) is 23.8. The van der Waals surface area contributed by atoms with Crippen molar-refractivity contribution in [1.82, 2.24) is 0 Å². The van der Waals surface area contributed by atoms with E-state index in [0.717, 1.165) is 12.1 Å². The first-order valence-corrected chi connectivity index (χ1v) is 8.60. The molecular weight excluding hydrogens is 377 g/mol. The average Bonchev–Trinajstić information content (AvgIpc) is 2.71. The van der Waals surface area contributed by atoms with Crippen LogP contribution >= 0.6 is 0 Å². The number of halogens is 1. The third-order valence-electron chi connectivity index (χ3n) is 4.15. The van der Waals surface area contributed by atoms with Gasteiger partial charge in [0.15, 0.2) is 6.29 Å². The molecule has 7 N–H and O–H groups in total. The van der Waals surface area contributed by atoms with Gasteiger partial charge in [0.1, 0.15) is 17.8 Å². The minimum atomic E-state index is -1.41. The van der Waals surface area contributed by atoms with Gasteiger partial charge in [0.25, 0.3) is 5.91 Å². The van der Waals surface area contributed by atoms with Gasteiger partial charge in [-0.05, 0) is 42.5 Å². The van der Waals surface area contributed by atoms with Crippen molar-refractivity contribution < 1.29 is 19.1 Å². The van der Waals surface area contributed by atoms with Gasteiger partial charge in [0.2, 0.25) is 0 Å². The van der Waals surface area contributed by atoms with Crippen LogP contribution in [0.4, 0.5) is 21.5 Å². The highest BCUT2D eigenvalue weighted by Crippen LogP contribution is 2.32. The fourth-order valence-corrected chi connectivity index (χ4v) is 2.70. The summed E-state index contributed by atoms with van der Waals surface area (Å²) in [5.41, 5.74) is 6.92. The number of hydrogen-bond acceptors (Lipinski definition) is 6. The Hall–Kier alpha value is -3.72. The zero-order chi connectivity index (χ0) is 21.6. The topological polar surface area (TPSA) is 140 Å². The number of rotatable bonds is 8. The quantitative estimate of drug-likeness (QED) is 0.100. The molecule has 0 bridgehead atoms. The van der Waals surface area contributed by atoms with Crippen LogP contribution in [0.25, 0.3) is 0 Å². The van der Waals surface area contributed by atoms with E-state index in [0.29, 0.717) is 28.9 Å². The minimum absolute atomic E-state index is 0.115. The number of amidine groups is 1. The molecular formula is C20H22FN5O3. The largest absolute Gasteiger partial charge is 0.386 e. The van der Waals surface area contributed by atoms with Crippen molar-refractivity contribution >= 4 is 35.1 Å². The number of carbonyl (C=O) groups excluding carboxylic acids is 2. The predicted octanol–water partition coefficient (Wildman–Crippen LogP) is 1.99. The van der Waals surface area contributed by atoms with Crippen molar-refractivity contribution in [3.63, 3.8) is 0 Å². The number of carbonyl (C=O) groups is 2. The summed E-state index contributed by atoms with van der Waals surface area (Å²) in [6.07, 6.45) is -0.0625. The van der Waals surface area contributed by atoms with Gasteiger partial charge in [-0.2, -0.15) is 0 Å². The van der Waals surface area contributed by atoms with E-state index in [-0.39, 0.29) is 17.0 Å². The number of aliphatic hydroxyl groups is 1. The molecule has 9 heteroatoms. The monoisotopic (exact) mass is 399 g/mol. The lowest BCUT2D eigenvalue weighted by Gasteiger charge is -2.17. The van der Waals surface area contributed by atoms with Crippen LogP contribution in [0.15, 0.2) is 48.0 Å². The van der Waals surface area contributed by atoms with Crippen LogP contribution in [0.3, 0.4) is 0 Å². The standard InChI is InChI=1S/C20H22FN5O3/c1-24-16-9-13(21)8-15(18(16)25-2)17(28)7-12(10-27)20(29)26-14-5-3-11(4-6-14)19(22)23/h3-10,17,24-25,28H,1-2H3,(H3,22,23)(H,26,29)/b12-7+. The molecule has 0 saturated heterocycles. The summed E-state index contributed by atoms with van der Waals surface area (Å²) < 4.78 is 13.9. The first-order chi connectivity index (χ1) is 13.8. The molecule has 0 saturated carbocycles.